The number of carbonyl (C=O) groups excluding carboxylic acids is 1. The van der Waals surface area contributed by atoms with Crippen LogP contribution in [0, 0.1) is 0 Å². The molecule has 154 valence electrons. The minimum Gasteiger partial charge on any atom is -0.489 e. The average Bonchev–Trinajstić information content (AvgIpc) is 2.78. The van der Waals surface area contributed by atoms with Crippen LogP contribution in [0.15, 0.2) is 79.1 Å². The monoisotopic (exact) mass is 422 g/mol. The molecule has 30 heavy (non-hydrogen) atoms. The third-order valence-corrected chi connectivity index (χ3v) is 5.59. The number of hydrogen-bond donors (Lipinski definition) is 1. The highest BCUT2D eigenvalue weighted by Gasteiger charge is 2.07. The van der Waals surface area contributed by atoms with Crippen molar-refractivity contribution in [3.05, 3.63) is 95.8 Å². The number of carbonyl (C=O) groups is 1. The smallest absolute Gasteiger partial charge is 0.232 e. The number of sulfonamides is 1. The third kappa shape index (κ3) is 6.28. The summed E-state index contributed by atoms with van der Waals surface area (Å²) in [4.78, 5) is 16.3. The Morgan fingerprint density at radius 2 is 1.67 bits per heavy atom. The maximum Gasteiger partial charge on any atom is 0.232 e. The number of ether oxygens (including phenoxy) is 1. The summed E-state index contributed by atoms with van der Waals surface area (Å²) in [6.07, 6.45) is 6.65. The zero-order valence-corrected chi connectivity index (χ0v) is 17.3. The second-order valence-electron chi connectivity index (χ2n) is 6.49. The van der Waals surface area contributed by atoms with Crippen LogP contribution in [0.5, 0.6) is 5.75 Å². The van der Waals surface area contributed by atoms with Gasteiger partial charge in [-0.3, -0.25) is 14.5 Å². The summed E-state index contributed by atoms with van der Waals surface area (Å²) in [5.41, 5.74) is 2.81. The Bertz CT molecular complexity index is 1110. The molecule has 2 aromatic carbocycles. The van der Waals surface area contributed by atoms with E-state index in [4.69, 9.17) is 4.74 Å². The normalized spacial score (nSPS) is 11.4. The number of pyridine rings is 1. The lowest BCUT2D eigenvalue weighted by atomic mass is 10.1. The topological polar surface area (TPSA) is 85.4 Å². The molecule has 0 radical (unpaired) electrons. The summed E-state index contributed by atoms with van der Waals surface area (Å²) in [6, 6.07) is 17.6. The lowest BCUT2D eigenvalue weighted by Crippen LogP contribution is -2.14. The van der Waals surface area contributed by atoms with Gasteiger partial charge in [0.2, 0.25) is 10.0 Å². The van der Waals surface area contributed by atoms with Crippen molar-refractivity contribution in [1.82, 2.24) is 4.98 Å². The van der Waals surface area contributed by atoms with Crippen molar-refractivity contribution in [1.29, 1.82) is 0 Å². The maximum atomic E-state index is 12.3. The van der Waals surface area contributed by atoms with Crippen LogP contribution in [0.3, 0.4) is 0 Å². The van der Waals surface area contributed by atoms with Gasteiger partial charge in [-0.2, -0.15) is 0 Å². The Labute approximate surface area is 176 Å². The van der Waals surface area contributed by atoms with E-state index in [1.807, 2.05) is 36.4 Å². The van der Waals surface area contributed by atoms with E-state index in [-0.39, 0.29) is 11.5 Å². The quantitative estimate of drug-likeness (QED) is 0.410. The van der Waals surface area contributed by atoms with E-state index >= 15 is 0 Å². The number of allylic oxidation sites excluding steroid dienone is 1. The van der Waals surface area contributed by atoms with Crippen molar-refractivity contribution in [2.75, 3.05) is 10.5 Å². The van der Waals surface area contributed by atoms with E-state index in [1.54, 1.807) is 49.7 Å². The molecule has 3 aromatic rings. The van der Waals surface area contributed by atoms with Crippen LogP contribution in [0.2, 0.25) is 0 Å². The molecule has 0 spiro atoms. The second-order valence-corrected chi connectivity index (χ2v) is 8.50. The molecule has 0 saturated carbocycles. The van der Waals surface area contributed by atoms with Crippen molar-refractivity contribution in [2.45, 2.75) is 13.5 Å². The molecule has 0 saturated heterocycles. The van der Waals surface area contributed by atoms with Crippen LogP contribution in [0.1, 0.15) is 28.4 Å². The summed E-state index contributed by atoms with van der Waals surface area (Å²) >= 11 is 0. The highest BCUT2D eigenvalue weighted by molar-refractivity contribution is 7.92. The standard InChI is InChI=1S/C23H22N2O4S/c1-2-30(27,28)25-21-8-6-20(7-9-21)23(26)12-5-18-3-10-22(11-4-18)29-17-19-13-15-24-16-14-19/h3-16,25H,2,17H2,1H3/b12-5+. The maximum absolute atomic E-state index is 12.3. The first-order chi connectivity index (χ1) is 14.4. The summed E-state index contributed by atoms with van der Waals surface area (Å²) in [5.74, 6) is 0.558. The zero-order chi connectivity index (χ0) is 21.4. The van der Waals surface area contributed by atoms with Crippen molar-refractivity contribution in [2.24, 2.45) is 0 Å². The molecule has 1 aromatic heterocycles. The number of aromatic nitrogens is 1. The minimum atomic E-state index is -3.34. The van der Waals surface area contributed by atoms with E-state index in [9.17, 15) is 13.2 Å². The average molecular weight is 423 g/mol. The molecule has 0 unspecified atom stereocenters. The fourth-order valence-corrected chi connectivity index (χ4v) is 3.18. The minimum absolute atomic E-state index is 0.00994. The van der Waals surface area contributed by atoms with Gasteiger partial charge in [0, 0.05) is 23.6 Å². The molecule has 3 rings (SSSR count). The fourth-order valence-electron chi connectivity index (χ4n) is 2.54. The number of hydrogen-bond acceptors (Lipinski definition) is 5. The van der Waals surface area contributed by atoms with Crippen molar-refractivity contribution >= 4 is 27.6 Å². The third-order valence-electron chi connectivity index (χ3n) is 4.28. The molecule has 6 nitrogen and oxygen atoms in total. The van der Waals surface area contributed by atoms with Crippen LogP contribution in [0.25, 0.3) is 6.08 Å². The van der Waals surface area contributed by atoms with Crippen LogP contribution < -0.4 is 9.46 Å². The van der Waals surface area contributed by atoms with E-state index < -0.39 is 10.0 Å². The summed E-state index contributed by atoms with van der Waals surface area (Å²) in [5, 5.41) is 0. The Morgan fingerprint density at radius 1 is 1.00 bits per heavy atom. The van der Waals surface area contributed by atoms with Gasteiger partial charge >= 0.3 is 0 Å². The zero-order valence-electron chi connectivity index (χ0n) is 16.5. The van der Waals surface area contributed by atoms with Gasteiger partial charge in [-0.1, -0.05) is 18.2 Å². The fraction of sp³-hybridized carbons (Fsp3) is 0.130. The lowest BCUT2D eigenvalue weighted by Gasteiger charge is -2.06. The van der Waals surface area contributed by atoms with Gasteiger partial charge in [0.15, 0.2) is 5.78 Å². The molecule has 1 N–H and O–H groups in total. The first-order valence-corrected chi connectivity index (χ1v) is 11.0. The van der Waals surface area contributed by atoms with Crippen LogP contribution >= 0.6 is 0 Å². The van der Waals surface area contributed by atoms with Gasteiger partial charge in [-0.25, -0.2) is 8.42 Å². The van der Waals surface area contributed by atoms with Crippen molar-refractivity contribution in [3.63, 3.8) is 0 Å². The predicted octanol–water partition coefficient (Wildman–Crippen LogP) is 4.32. The summed E-state index contributed by atoms with van der Waals surface area (Å²) in [6.45, 7) is 2.02. The molecule has 7 heteroatoms. The molecule has 1 heterocycles. The summed E-state index contributed by atoms with van der Waals surface area (Å²) < 4.78 is 31.3. The van der Waals surface area contributed by atoms with Gasteiger partial charge < -0.3 is 4.74 Å². The van der Waals surface area contributed by atoms with Gasteiger partial charge in [0.1, 0.15) is 12.4 Å². The van der Waals surface area contributed by atoms with Crippen molar-refractivity contribution < 1.29 is 17.9 Å². The highest BCUT2D eigenvalue weighted by Crippen LogP contribution is 2.16. The largest absolute Gasteiger partial charge is 0.489 e. The SMILES string of the molecule is CCS(=O)(=O)Nc1ccc(C(=O)/C=C/c2ccc(OCc3ccncc3)cc2)cc1. The molecule has 0 aliphatic heterocycles. The van der Waals surface area contributed by atoms with Crippen LogP contribution in [-0.2, 0) is 16.6 Å². The molecule has 0 atom stereocenters. The number of rotatable bonds is 9. The van der Waals surface area contributed by atoms with E-state index in [0.717, 1.165) is 16.9 Å². The summed E-state index contributed by atoms with van der Waals surface area (Å²) in [7, 11) is -3.34. The predicted molar refractivity (Wildman–Crippen MR) is 118 cm³/mol. The van der Waals surface area contributed by atoms with E-state index in [2.05, 4.69) is 9.71 Å². The van der Waals surface area contributed by atoms with E-state index in [0.29, 0.717) is 17.9 Å². The molecule has 0 bridgehead atoms. The molecule has 0 fully saturated rings. The Kier molecular flexibility index (Phi) is 6.98. The van der Waals surface area contributed by atoms with Gasteiger partial charge in [-0.15, -0.1) is 0 Å². The van der Waals surface area contributed by atoms with Gasteiger partial charge in [-0.05, 0) is 72.7 Å². The van der Waals surface area contributed by atoms with Crippen LogP contribution in [0.4, 0.5) is 5.69 Å². The highest BCUT2D eigenvalue weighted by atomic mass is 32.2. The lowest BCUT2D eigenvalue weighted by molar-refractivity contribution is 0.104. The second kappa shape index (κ2) is 9.84. The van der Waals surface area contributed by atoms with Crippen LogP contribution in [-0.4, -0.2) is 24.9 Å². The van der Waals surface area contributed by atoms with Gasteiger partial charge in [0.05, 0.1) is 5.75 Å². The van der Waals surface area contributed by atoms with Crippen molar-refractivity contribution in [3.8, 4) is 5.75 Å². The molecular formula is C23H22N2O4S. The molecular weight excluding hydrogens is 400 g/mol. The van der Waals surface area contributed by atoms with E-state index in [1.165, 1.54) is 6.08 Å². The first-order valence-electron chi connectivity index (χ1n) is 9.40. The number of benzene rings is 2. The number of anilines is 1. The Morgan fingerprint density at radius 3 is 2.30 bits per heavy atom. The number of nitrogens with one attached hydrogen (secondary N) is 1. The molecule has 0 aliphatic rings. The molecule has 0 aliphatic carbocycles. The Balaban J connectivity index is 1.56. The number of ketones is 1. The molecule has 0 amide bonds. The Hall–Kier alpha value is -3.45. The van der Waals surface area contributed by atoms with Gasteiger partial charge in [0.25, 0.3) is 0 Å². The number of nitrogens with zero attached hydrogens (tertiary/aromatic N) is 1. The first kappa shape index (κ1) is 21.3.